The Morgan fingerprint density at radius 2 is 1.74 bits per heavy atom. The molecular weight excluding hydrogens is 482 g/mol. The van der Waals surface area contributed by atoms with Crippen LogP contribution < -0.4 is 4.74 Å². The third kappa shape index (κ3) is 5.69. The van der Waals surface area contributed by atoms with Crippen LogP contribution in [0.3, 0.4) is 0 Å². The molecule has 0 heterocycles. The number of ether oxygens (including phenoxy) is 1. The number of hydrogen-bond acceptors (Lipinski definition) is 4. The van der Waals surface area contributed by atoms with Crippen molar-refractivity contribution in [2.75, 3.05) is 0 Å². The molecule has 0 aliphatic heterocycles. The van der Waals surface area contributed by atoms with E-state index >= 15 is 0 Å². The third-order valence-electron chi connectivity index (χ3n) is 4.21. The number of benzene rings is 3. The van der Waals surface area contributed by atoms with Gasteiger partial charge in [-0.3, -0.25) is 10.1 Å². The highest BCUT2D eigenvalue weighted by molar-refractivity contribution is 6.37. The summed E-state index contributed by atoms with van der Waals surface area (Å²) in [7, 11) is 0. The summed E-state index contributed by atoms with van der Waals surface area (Å²) in [6, 6.07) is 16.0. The van der Waals surface area contributed by atoms with Gasteiger partial charge in [0, 0.05) is 27.7 Å². The minimum absolute atomic E-state index is 0.112. The molecule has 0 atom stereocenters. The lowest BCUT2D eigenvalue weighted by atomic mass is 10.0. The Bertz CT molecular complexity index is 1210. The highest BCUT2D eigenvalue weighted by atomic mass is 35.5. The summed E-state index contributed by atoms with van der Waals surface area (Å²) in [5.41, 5.74) is 1.76. The van der Waals surface area contributed by atoms with Crippen molar-refractivity contribution in [1.29, 1.82) is 5.26 Å². The average Bonchev–Trinajstić information content (AvgIpc) is 2.72. The van der Waals surface area contributed by atoms with Crippen LogP contribution in [-0.2, 0) is 6.61 Å². The Balaban J connectivity index is 1.87. The van der Waals surface area contributed by atoms with Crippen LogP contribution in [0.4, 0.5) is 5.69 Å². The average molecular weight is 494 g/mol. The monoisotopic (exact) mass is 492 g/mol. The summed E-state index contributed by atoms with van der Waals surface area (Å²) >= 11 is 24.7. The zero-order chi connectivity index (χ0) is 22.5. The number of nitro groups is 1. The molecule has 156 valence electrons. The molecule has 9 heteroatoms. The number of allylic oxidation sites excluding steroid dienone is 1. The van der Waals surface area contributed by atoms with E-state index in [9.17, 15) is 15.4 Å². The minimum atomic E-state index is -0.523. The van der Waals surface area contributed by atoms with Crippen molar-refractivity contribution in [2.45, 2.75) is 6.61 Å². The summed E-state index contributed by atoms with van der Waals surface area (Å²) < 4.78 is 5.74. The van der Waals surface area contributed by atoms with Crippen molar-refractivity contribution in [3.05, 3.63) is 101 Å². The highest BCUT2D eigenvalue weighted by Crippen LogP contribution is 2.36. The summed E-state index contributed by atoms with van der Waals surface area (Å²) in [5.74, 6) is 0.264. The normalized spacial score (nSPS) is 11.1. The van der Waals surface area contributed by atoms with Gasteiger partial charge in [0.15, 0.2) is 5.75 Å². The number of nitrogens with zero attached hydrogens (tertiary/aromatic N) is 2. The molecule has 0 saturated carbocycles. The van der Waals surface area contributed by atoms with E-state index in [4.69, 9.17) is 51.1 Å². The van der Waals surface area contributed by atoms with Gasteiger partial charge < -0.3 is 4.74 Å². The van der Waals surface area contributed by atoms with Gasteiger partial charge in [-0.2, -0.15) is 5.26 Å². The Morgan fingerprint density at radius 1 is 1.03 bits per heavy atom. The van der Waals surface area contributed by atoms with E-state index in [1.165, 1.54) is 24.3 Å². The first-order valence-corrected chi connectivity index (χ1v) is 10.2. The van der Waals surface area contributed by atoms with Gasteiger partial charge in [0.05, 0.1) is 26.6 Å². The molecule has 0 saturated heterocycles. The van der Waals surface area contributed by atoms with Crippen LogP contribution in [0.1, 0.15) is 16.7 Å². The smallest absolute Gasteiger partial charge is 0.270 e. The predicted molar refractivity (Wildman–Crippen MR) is 124 cm³/mol. The topological polar surface area (TPSA) is 76.2 Å². The third-order valence-corrected chi connectivity index (χ3v) is 5.36. The molecule has 0 bridgehead atoms. The van der Waals surface area contributed by atoms with Crippen LogP contribution in [0.25, 0.3) is 11.6 Å². The van der Waals surface area contributed by atoms with E-state index in [0.29, 0.717) is 26.7 Å². The highest BCUT2D eigenvalue weighted by Gasteiger charge is 2.13. The van der Waals surface area contributed by atoms with Gasteiger partial charge in [0.2, 0.25) is 0 Å². The fraction of sp³-hybridized carbons (Fsp3) is 0.0455. The molecule has 0 unspecified atom stereocenters. The predicted octanol–water partition coefficient (Wildman–Crippen LogP) is 7.85. The van der Waals surface area contributed by atoms with Crippen LogP contribution in [0.5, 0.6) is 5.75 Å². The molecule has 3 aromatic rings. The van der Waals surface area contributed by atoms with Crippen LogP contribution in [0.2, 0.25) is 20.1 Å². The van der Waals surface area contributed by atoms with E-state index in [2.05, 4.69) is 0 Å². The van der Waals surface area contributed by atoms with Gasteiger partial charge in [-0.25, -0.2) is 0 Å². The van der Waals surface area contributed by atoms with Crippen molar-refractivity contribution < 1.29 is 9.66 Å². The molecular formula is C22H12Cl4N2O3. The Morgan fingerprint density at radius 3 is 2.35 bits per heavy atom. The quantitative estimate of drug-likeness (QED) is 0.151. The van der Waals surface area contributed by atoms with Crippen LogP contribution in [-0.4, -0.2) is 4.92 Å². The summed E-state index contributed by atoms with van der Waals surface area (Å²) in [4.78, 5) is 10.5. The maximum absolute atomic E-state index is 11.0. The summed E-state index contributed by atoms with van der Waals surface area (Å²) in [5, 5.41) is 21.9. The number of rotatable bonds is 6. The maximum Gasteiger partial charge on any atom is 0.270 e. The molecule has 0 aromatic heterocycles. The molecule has 0 fully saturated rings. The largest absolute Gasteiger partial charge is 0.486 e. The lowest BCUT2D eigenvalue weighted by Gasteiger charge is -2.12. The maximum atomic E-state index is 11.0. The van der Waals surface area contributed by atoms with Gasteiger partial charge in [0.25, 0.3) is 5.69 Å². The molecule has 0 amide bonds. The molecule has 31 heavy (non-hydrogen) atoms. The first-order chi connectivity index (χ1) is 14.8. The first-order valence-electron chi connectivity index (χ1n) is 8.71. The molecule has 0 radical (unpaired) electrons. The number of halogens is 4. The zero-order valence-corrected chi connectivity index (χ0v) is 18.6. The Kier molecular flexibility index (Phi) is 7.42. The second-order valence-electron chi connectivity index (χ2n) is 6.32. The SMILES string of the molecule is N#CC(=Cc1cc(Cl)c(OCc2ccc(Cl)cc2Cl)c(Cl)c1)c1cccc([N+](=O)[O-])c1. The molecule has 5 nitrogen and oxygen atoms in total. The van der Waals surface area contributed by atoms with E-state index in [1.807, 2.05) is 6.07 Å². The van der Waals surface area contributed by atoms with Gasteiger partial charge in [0.1, 0.15) is 6.61 Å². The van der Waals surface area contributed by atoms with Crippen molar-refractivity contribution in [2.24, 2.45) is 0 Å². The van der Waals surface area contributed by atoms with E-state index < -0.39 is 4.92 Å². The van der Waals surface area contributed by atoms with Gasteiger partial charge >= 0.3 is 0 Å². The first kappa shape index (κ1) is 22.9. The Labute approximate surface area is 198 Å². The molecule has 3 rings (SSSR count). The zero-order valence-electron chi connectivity index (χ0n) is 15.6. The van der Waals surface area contributed by atoms with Crippen LogP contribution >= 0.6 is 46.4 Å². The number of nitro benzene ring substituents is 1. The molecule has 0 aliphatic carbocycles. The van der Waals surface area contributed by atoms with E-state index in [-0.39, 0.29) is 33.7 Å². The van der Waals surface area contributed by atoms with Crippen molar-refractivity contribution in [3.63, 3.8) is 0 Å². The van der Waals surface area contributed by atoms with Gasteiger partial charge in [-0.05, 0) is 41.5 Å². The minimum Gasteiger partial charge on any atom is -0.486 e. The second kappa shape index (κ2) is 10.0. The molecule has 0 spiro atoms. The standard InChI is InChI=1S/C22H12Cl4N2O3/c23-17-5-4-15(19(24)10-17)12-31-22-20(25)7-13(8-21(22)26)6-16(11-27)14-2-1-3-18(9-14)28(29)30/h1-10H,12H2. The van der Waals surface area contributed by atoms with E-state index in [0.717, 1.165) is 0 Å². The lowest BCUT2D eigenvalue weighted by molar-refractivity contribution is -0.384. The van der Waals surface area contributed by atoms with E-state index in [1.54, 1.807) is 36.4 Å². The number of nitriles is 1. The Hall–Kier alpha value is -2.75. The lowest BCUT2D eigenvalue weighted by Crippen LogP contribution is -1.98. The fourth-order valence-corrected chi connectivity index (χ4v) is 3.80. The van der Waals surface area contributed by atoms with Crippen molar-refractivity contribution in [1.82, 2.24) is 0 Å². The van der Waals surface area contributed by atoms with Crippen LogP contribution in [0, 0.1) is 21.4 Å². The summed E-state index contributed by atoms with van der Waals surface area (Å²) in [6.45, 7) is 0.127. The van der Waals surface area contributed by atoms with Crippen LogP contribution in [0.15, 0.2) is 54.6 Å². The number of hydrogen-bond donors (Lipinski definition) is 0. The van der Waals surface area contributed by atoms with Crippen molar-refractivity contribution in [3.8, 4) is 11.8 Å². The summed E-state index contributed by atoms with van der Waals surface area (Å²) in [6.07, 6.45) is 1.54. The molecule has 0 N–H and O–H groups in total. The molecule has 3 aromatic carbocycles. The molecule has 0 aliphatic rings. The fourth-order valence-electron chi connectivity index (χ4n) is 2.72. The van der Waals surface area contributed by atoms with Crippen molar-refractivity contribution >= 4 is 63.7 Å². The van der Waals surface area contributed by atoms with Gasteiger partial charge in [-0.1, -0.05) is 64.6 Å². The number of non-ortho nitro benzene ring substituents is 1. The second-order valence-corrected chi connectivity index (χ2v) is 7.97. The van der Waals surface area contributed by atoms with Gasteiger partial charge in [-0.15, -0.1) is 0 Å².